The van der Waals surface area contributed by atoms with Crippen LogP contribution in [0.5, 0.6) is 5.75 Å². The predicted octanol–water partition coefficient (Wildman–Crippen LogP) is 1.73. The molecule has 0 amide bonds. The fraction of sp³-hybridized carbons (Fsp3) is 0.500. The second kappa shape index (κ2) is 3.83. The topological polar surface area (TPSA) is 32.7 Å². The van der Waals surface area contributed by atoms with Crippen LogP contribution in [-0.2, 0) is 0 Å². The lowest BCUT2D eigenvalue weighted by Crippen LogP contribution is -2.33. The number of benzene rings is 1. The number of rotatable bonds is 1. The Morgan fingerprint density at radius 1 is 1.40 bits per heavy atom. The molecule has 0 spiro atoms. The molecule has 0 radical (unpaired) electrons. The highest BCUT2D eigenvalue weighted by molar-refractivity contribution is 5.40. The van der Waals surface area contributed by atoms with E-state index in [0.717, 1.165) is 16.9 Å². The molecule has 1 aromatic carbocycles. The highest BCUT2D eigenvalue weighted by Gasteiger charge is 2.27. The van der Waals surface area contributed by atoms with Gasteiger partial charge in [-0.2, -0.15) is 0 Å². The first-order chi connectivity index (χ1) is 7.13. The summed E-state index contributed by atoms with van der Waals surface area (Å²) >= 11 is 0. The first-order valence-electron chi connectivity index (χ1n) is 5.19. The Bertz CT molecular complexity index is 365. The Kier molecular flexibility index (Phi) is 2.67. The minimum absolute atomic E-state index is 0.332. The van der Waals surface area contributed by atoms with Gasteiger partial charge < -0.3 is 9.84 Å². The maximum absolute atomic E-state index is 9.93. The number of aliphatic hydroxyl groups excluding tert-OH is 1. The molecule has 0 saturated carbocycles. The van der Waals surface area contributed by atoms with Gasteiger partial charge in [-0.15, -0.1) is 0 Å². The van der Waals surface area contributed by atoms with Gasteiger partial charge in [-0.3, -0.25) is 4.90 Å². The zero-order chi connectivity index (χ0) is 11.0. The van der Waals surface area contributed by atoms with E-state index in [2.05, 4.69) is 11.8 Å². The van der Waals surface area contributed by atoms with Gasteiger partial charge in [0.05, 0.1) is 13.2 Å². The van der Waals surface area contributed by atoms with Crippen molar-refractivity contribution in [2.75, 3.05) is 20.7 Å². The quantitative estimate of drug-likeness (QED) is 0.761. The zero-order valence-corrected chi connectivity index (χ0v) is 9.40. The molecule has 0 fully saturated rings. The van der Waals surface area contributed by atoms with Crippen molar-refractivity contribution in [1.29, 1.82) is 0 Å². The van der Waals surface area contributed by atoms with Crippen LogP contribution in [0.15, 0.2) is 18.2 Å². The molecule has 0 aliphatic carbocycles. The minimum Gasteiger partial charge on any atom is -0.497 e. The van der Waals surface area contributed by atoms with Crippen molar-refractivity contribution in [2.45, 2.75) is 19.1 Å². The molecule has 2 unspecified atom stereocenters. The number of methoxy groups -OCH3 is 1. The van der Waals surface area contributed by atoms with Crippen LogP contribution in [0.2, 0.25) is 0 Å². The third-order valence-corrected chi connectivity index (χ3v) is 3.23. The summed E-state index contributed by atoms with van der Waals surface area (Å²) in [5, 5.41) is 9.93. The fourth-order valence-electron chi connectivity index (χ4n) is 2.11. The standard InChI is InChI=1S/C12H17NO2/c1-8-11-6-9(15-3)4-5-10(11)12(14)7-13(8)2/h4-6,8,12,14H,7H2,1-3H3. The number of nitrogens with zero attached hydrogens (tertiary/aromatic N) is 1. The van der Waals surface area contributed by atoms with E-state index in [1.165, 1.54) is 0 Å². The minimum atomic E-state index is -0.382. The Morgan fingerprint density at radius 2 is 2.13 bits per heavy atom. The second-order valence-electron chi connectivity index (χ2n) is 4.13. The van der Waals surface area contributed by atoms with E-state index in [9.17, 15) is 5.11 Å². The van der Waals surface area contributed by atoms with Crippen molar-refractivity contribution >= 4 is 0 Å². The van der Waals surface area contributed by atoms with E-state index in [0.29, 0.717) is 12.6 Å². The molecule has 1 aromatic rings. The van der Waals surface area contributed by atoms with Crippen LogP contribution in [0.4, 0.5) is 0 Å². The van der Waals surface area contributed by atoms with Crippen molar-refractivity contribution in [1.82, 2.24) is 4.90 Å². The van der Waals surface area contributed by atoms with Crippen LogP contribution in [0.3, 0.4) is 0 Å². The van der Waals surface area contributed by atoms with Crippen molar-refractivity contribution in [3.63, 3.8) is 0 Å². The molecular weight excluding hydrogens is 190 g/mol. The van der Waals surface area contributed by atoms with Crippen molar-refractivity contribution in [3.8, 4) is 5.75 Å². The molecule has 2 atom stereocenters. The molecule has 1 aliphatic rings. The summed E-state index contributed by atoms with van der Waals surface area (Å²) in [6, 6.07) is 6.21. The zero-order valence-electron chi connectivity index (χ0n) is 9.40. The molecule has 3 heteroatoms. The van der Waals surface area contributed by atoms with E-state index < -0.39 is 0 Å². The lowest BCUT2D eigenvalue weighted by atomic mass is 9.92. The van der Waals surface area contributed by atoms with E-state index in [1.807, 2.05) is 25.2 Å². The summed E-state index contributed by atoms with van der Waals surface area (Å²) in [6.07, 6.45) is -0.382. The average Bonchev–Trinajstić information content (AvgIpc) is 2.25. The van der Waals surface area contributed by atoms with Gasteiger partial charge in [-0.1, -0.05) is 6.07 Å². The number of hydrogen-bond acceptors (Lipinski definition) is 3. The summed E-state index contributed by atoms with van der Waals surface area (Å²) in [7, 11) is 3.69. The van der Waals surface area contributed by atoms with Gasteiger partial charge >= 0.3 is 0 Å². The number of fused-ring (bicyclic) bond motifs is 1. The third-order valence-electron chi connectivity index (χ3n) is 3.23. The van der Waals surface area contributed by atoms with Crippen LogP contribution in [-0.4, -0.2) is 30.7 Å². The Balaban J connectivity index is 2.47. The molecule has 3 nitrogen and oxygen atoms in total. The van der Waals surface area contributed by atoms with E-state index in [4.69, 9.17) is 4.74 Å². The molecule has 0 bridgehead atoms. The normalized spacial score (nSPS) is 26.1. The number of ether oxygens (including phenoxy) is 1. The highest BCUT2D eigenvalue weighted by Crippen LogP contribution is 2.35. The SMILES string of the molecule is COc1ccc2c(c1)C(C)N(C)CC2O. The van der Waals surface area contributed by atoms with Gasteiger partial charge in [-0.05, 0) is 37.2 Å². The summed E-state index contributed by atoms with van der Waals surface area (Å²) in [6.45, 7) is 2.84. The van der Waals surface area contributed by atoms with Crippen LogP contribution in [0, 0.1) is 0 Å². The summed E-state index contributed by atoms with van der Waals surface area (Å²) < 4.78 is 5.20. The molecule has 1 aliphatic heterocycles. The molecular formula is C12H17NO2. The first-order valence-corrected chi connectivity index (χ1v) is 5.19. The predicted molar refractivity (Wildman–Crippen MR) is 59.0 cm³/mol. The Morgan fingerprint density at radius 3 is 2.80 bits per heavy atom. The van der Waals surface area contributed by atoms with Crippen LogP contribution in [0.1, 0.15) is 30.2 Å². The largest absolute Gasteiger partial charge is 0.497 e. The third kappa shape index (κ3) is 1.73. The maximum Gasteiger partial charge on any atom is 0.119 e. The van der Waals surface area contributed by atoms with Gasteiger partial charge in [-0.25, -0.2) is 0 Å². The molecule has 0 aromatic heterocycles. The monoisotopic (exact) mass is 207 g/mol. The van der Waals surface area contributed by atoms with Crippen LogP contribution >= 0.6 is 0 Å². The van der Waals surface area contributed by atoms with Crippen LogP contribution < -0.4 is 4.74 Å². The fourth-order valence-corrected chi connectivity index (χ4v) is 2.11. The molecule has 1 heterocycles. The van der Waals surface area contributed by atoms with Gasteiger partial charge in [0.15, 0.2) is 0 Å². The number of likely N-dealkylation sites (N-methyl/N-ethyl adjacent to an activating group) is 1. The van der Waals surface area contributed by atoms with Crippen molar-refractivity contribution < 1.29 is 9.84 Å². The molecule has 82 valence electrons. The second-order valence-corrected chi connectivity index (χ2v) is 4.13. The maximum atomic E-state index is 9.93. The van der Waals surface area contributed by atoms with E-state index in [-0.39, 0.29) is 6.10 Å². The first kappa shape index (κ1) is 10.5. The lowest BCUT2D eigenvalue weighted by molar-refractivity contribution is 0.0888. The van der Waals surface area contributed by atoms with Crippen LogP contribution in [0.25, 0.3) is 0 Å². The lowest BCUT2D eigenvalue weighted by Gasteiger charge is -2.35. The van der Waals surface area contributed by atoms with Gasteiger partial charge in [0.25, 0.3) is 0 Å². The number of hydrogen-bond donors (Lipinski definition) is 1. The Hall–Kier alpha value is -1.06. The molecule has 1 N–H and O–H groups in total. The molecule has 2 rings (SSSR count). The summed E-state index contributed by atoms with van der Waals surface area (Å²) in [5.74, 6) is 0.850. The van der Waals surface area contributed by atoms with Crippen molar-refractivity contribution in [2.24, 2.45) is 0 Å². The molecule has 0 saturated heterocycles. The average molecular weight is 207 g/mol. The van der Waals surface area contributed by atoms with E-state index >= 15 is 0 Å². The van der Waals surface area contributed by atoms with Crippen molar-refractivity contribution in [3.05, 3.63) is 29.3 Å². The highest BCUT2D eigenvalue weighted by atomic mass is 16.5. The van der Waals surface area contributed by atoms with Gasteiger partial charge in [0, 0.05) is 12.6 Å². The summed E-state index contributed by atoms with van der Waals surface area (Å²) in [4.78, 5) is 2.15. The van der Waals surface area contributed by atoms with Gasteiger partial charge in [0.1, 0.15) is 5.75 Å². The smallest absolute Gasteiger partial charge is 0.119 e. The number of aliphatic hydroxyl groups is 1. The Labute approximate surface area is 90.3 Å². The van der Waals surface area contributed by atoms with Gasteiger partial charge in [0.2, 0.25) is 0 Å². The van der Waals surface area contributed by atoms with E-state index in [1.54, 1.807) is 7.11 Å². The summed E-state index contributed by atoms with van der Waals surface area (Å²) in [5.41, 5.74) is 2.19. The number of β-amino-alcohol motifs (C(OH)–C–C–N with tert-alkyl or cyclic N) is 1. The molecule has 15 heavy (non-hydrogen) atoms.